The molecule has 0 heterocycles. The van der Waals surface area contributed by atoms with Gasteiger partial charge < -0.3 is 10.5 Å². The van der Waals surface area contributed by atoms with Crippen LogP contribution in [0.2, 0.25) is 0 Å². The highest BCUT2D eigenvalue weighted by molar-refractivity contribution is 7.89. The third-order valence-corrected chi connectivity index (χ3v) is 4.80. The van der Waals surface area contributed by atoms with Crippen LogP contribution in [0.3, 0.4) is 0 Å². The van der Waals surface area contributed by atoms with Crippen molar-refractivity contribution in [1.82, 2.24) is 4.72 Å². The highest BCUT2D eigenvalue weighted by Gasteiger charge is 2.13. The van der Waals surface area contributed by atoms with Crippen LogP contribution in [0.25, 0.3) is 0 Å². The van der Waals surface area contributed by atoms with Crippen LogP contribution in [-0.2, 0) is 21.4 Å². The molecule has 7 heteroatoms. The maximum Gasteiger partial charge on any atom is 0.248 e. The third kappa shape index (κ3) is 5.45. The van der Waals surface area contributed by atoms with E-state index in [-0.39, 0.29) is 17.0 Å². The van der Waals surface area contributed by atoms with Gasteiger partial charge in [-0.25, -0.2) is 13.1 Å². The van der Waals surface area contributed by atoms with E-state index in [1.54, 1.807) is 0 Å². The van der Waals surface area contributed by atoms with Gasteiger partial charge in [-0.2, -0.15) is 0 Å². The molecule has 128 valence electrons. The predicted molar refractivity (Wildman–Crippen MR) is 90.9 cm³/mol. The van der Waals surface area contributed by atoms with E-state index in [1.807, 2.05) is 30.3 Å². The highest BCUT2D eigenvalue weighted by atomic mass is 32.2. The number of ether oxygens (including phenoxy) is 1. The van der Waals surface area contributed by atoms with Crippen molar-refractivity contribution >= 4 is 15.9 Å². The van der Waals surface area contributed by atoms with Crippen molar-refractivity contribution in [3.05, 3.63) is 65.7 Å². The van der Waals surface area contributed by atoms with Crippen molar-refractivity contribution in [3.8, 4) is 0 Å². The lowest BCUT2D eigenvalue weighted by Gasteiger charge is -2.08. The lowest BCUT2D eigenvalue weighted by atomic mass is 10.2. The molecular formula is C17H20N2O4S. The standard InChI is InChI=1S/C17H20N2O4S/c18-17(20)15-7-9-16(10-8-15)24(21,22)19-11-4-12-23-13-14-5-2-1-3-6-14/h1-3,5-10,19H,4,11-13H2,(H2,18,20). The zero-order valence-corrected chi connectivity index (χ0v) is 14.0. The number of hydrogen-bond donors (Lipinski definition) is 2. The Morgan fingerprint density at radius 2 is 1.71 bits per heavy atom. The molecule has 3 N–H and O–H groups in total. The van der Waals surface area contributed by atoms with Gasteiger partial charge in [-0.3, -0.25) is 4.79 Å². The number of sulfonamides is 1. The van der Waals surface area contributed by atoms with E-state index in [0.717, 1.165) is 5.56 Å². The van der Waals surface area contributed by atoms with E-state index in [9.17, 15) is 13.2 Å². The first-order valence-corrected chi connectivity index (χ1v) is 8.98. The van der Waals surface area contributed by atoms with Gasteiger partial charge in [0.1, 0.15) is 0 Å². The van der Waals surface area contributed by atoms with Gasteiger partial charge in [0.05, 0.1) is 11.5 Å². The van der Waals surface area contributed by atoms with Crippen LogP contribution in [-0.4, -0.2) is 27.5 Å². The summed E-state index contributed by atoms with van der Waals surface area (Å²) in [5.74, 6) is -0.595. The molecular weight excluding hydrogens is 328 g/mol. The number of benzene rings is 2. The Kier molecular flexibility index (Phi) is 6.48. The summed E-state index contributed by atoms with van der Waals surface area (Å²) in [7, 11) is -3.60. The van der Waals surface area contributed by atoms with Gasteiger partial charge in [0, 0.05) is 18.7 Å². The summed E-state index contributed by atoms with van der Waals surface area (Å²) in [5, 5.41) is 0. The molecule has 0 radical (unpaired) electrons. The molecule has 0 aromatic heterocycles. The Hall–Kier alpha value is -2.22. The average molecular weight is 348 g/mol. The molecule has 0 aliphatic heterocycles. The van der Waals surface area contributed by atoms with Gasteiger partial charge in [-0.05, 0) is 36.2 Å². The SMILES string of the molecule is NC(=O)c1ccc(S(=O)(=O)NCCCOCc2ccccc2)cc1. The van der Waals surface area contributed by atoms with Crippen LogP contribution in [0.15, 0.2) is 59.5 Å². The lowest BCUT2D eigenvalue weighted by molar-refractivity contribution is 0.1000. The maximum atomic E-state index is 12.1. The fourth-order valence-corrected chi connectivity index (χ4v) is 3.10. The molecule has 2 aromatic carbocycles. The zero-order chi connectivity index (χ0) is 17.4. The van der Waals surface area contributed by atoms with Crippen molar-refractivity contribution in [2.75, 3.05) is 13.2 Å². The predicted octanol–water partition coefficient (Wildman–Crippen LogP) is 1.67. The summed E-state index contributed by atoms with van der Waals surface area (Å²) in [6.45, 7) is 1.23. The van der Waals surface area contributed by atoms with Crippen molar-refractivity contribution in [3.63, 3.8) is 0 Å². The van der Waals surface area contributed by atoms with E-state index in [4.69, 9.17) is 10.5 Å². The zero-order valence-electron chi connectivity index (χ0n) is 13.1. The van der Waals surface area contributed by atoms with E-state index in [0.29, 0.717) is 19.6 Å². The minimum atomic E-state index is -3.60. The van der Waals surface area contributed by atoms with Gasteiger partial charge in [-0.1, -0.05) is 30.3 Å². The van der Waals surface area contributed by atoms with Crippen molar-refractivity contribution in [2.24, 2.45) is 5.73 Å². The summed E-state index contributed by atoms with van der Waals surface area (Å²) in [6.07, 6.45) is 0.561. The minimum absolute atomic E-state index is 0.0951. The first kappa shape index (κ1) is 18.1. The second-order valence-electron chi connectivity index (χ2n) is 5.18. The first-order valence-electron chi connectivity index (χ1n) is 7.50. The first-order chi connectivity index (χ1) is 11.5. The molecule has 2 rings (SSSR count). The number of nitrogens with one attached hydrogen (secondary N) is 1. The summed E-state index contributed by atoms with van der Waals surface area (Å²) in [6, 6.07) is 15.3. The summed E-state index contributed by atoms with van der Waals surface area (Å²) < 4.78 is 32.2. The summed E-state index contributed by atoms with van der Waals surface area (Å²) in [4.78, 5) is 11.1. The van der Waals surface area contributed by atoms with Gasteiger partial charge in [0.2, 0.25) is 15.9 Å². The molecule has 0 bridgehead atoms. The molecule has 0 spiro atoms. The molecule has 0 atom stereocenters. The van der Waals surface area contributed by atoms with Crippen molar-refractivity contribution in [1.29, 1.82) is 0 Å². The largest absolute Gasteiger partial charge is 0.377 e. The monoisotopic (exact) mass is 348 g/mol. The van der Waals surface area contributed by atoms with Crippen LogP contribution in [0, 0.1) is 0 Å². The Morgan fingerprint density at radius 3 is 2.33 bits per heavy atom. The number of nitrogens with two attached hydrogens (primary N) is 1. The number of rotatable bonds is 9. The topological polar surface area (TPSA) is 98.5 Å². The highest BCUT2D eigenvalue weighted by Crippen LogP contribution is 2.10. The summed E-state index contributed by atoms with van der Waals surface area (Å²) in [5.41, 5.74) is 6.47. The van der Waals surface area contributed by atoms with Crippen LogP contribution in [0.1, 0.15) is 22.3 Å². The number of hydrogen-bond acceptors (Lipinski definition) is 4. The molecule has 0 saturated carbocycles. The Morgan fingerprint density at radius 1 is 1.04 bits per heavy atom. The minimum Gasteiger partial charge on any atom is -0.377 e. The third-order valence-electron chi connectivity index (χ3n) is 3.32. The fraction of sp³-hybridized carbons (Fsp3) is 0.235. The van der Waals surface area contributed by atoms with Crippen LogP contribution < -0.4 is 10.5 Å². The molecule has 24 heavy (non-hydrogen) atoms. The number of carbonyl (C=O) groups is 1. The van der Waals surface area contributed by atoms with E-state index in [2.05, 4.69) is 4.72 Å². The second-order valence-corrected chi connectivity index (χ2v) is 6.95. The van der Waals surface area contributed by atoms with Gasteiger partial charge in [-0.15, -0.1) is 0 Å². The van der Waals surface area contributed by atoms with Crippen molar-refractivity contribution in [2.45, 2.75) is 17.9 Å². The normalized spacial score (nSPS) is 11.3. The Bertz CT molecular complexity index is 759. The van der Waals surface area contributed by atoms with Gasteiger partial charge in [0.15, 0.2) is 0 Å². The fourth-order valence-electron chi connectivity index (χ4n) is 2.03. The smallest absolute Gasteiger partial charge is 0.248 e. The van der Waals surface area contributed by atoms with Crippen LogP contribution >= 0.6 is 0 Å². The quantitative estimate of drug-likeness (QED) is 0.674. The lowest BCUT2D eigenvalue weighted by Crippen LogP contribution is -2.25. The van der Waals surface area contributed by atoms with E-state index in [1.165, 1.54) is 24.3 Å². The van der Waals surface area contributed by atoms with E-state index < -0.39 is 15.9 Å². The number of carbonyl (C=O) groups excluding carboxylic acids is 1. The molecule has 0 saturated heterocycles. The maximum absolute atomic E-state index is 12.1. The second kappa shape index (κ2) is 8.58. The Balaban J connectivity index is 1.73. The number of amides is 1. The van der Waals surface area contributed by atoms with Crippen LogP contribution in [0.5, 0.6) is 0 Å². The van der Waals surface area contributed by atoms with Gasteiger partial charge in [0.25, 0.3) is 0 Å². The summed E-state index contributed by atoms with van der Waals surface area (Å²) >= 11 is 0. The molecule has 6 nitrogen and oxygen atoms in total. The number of primary amides is 1. The molecule has 2 aromatic rings. The molecule has 0 aliphatic carbocycles. The van der Waals surface area contributed by atoms with E-state index >= 15 is 0 Å². The molecule has 1 amide bonds. The molecule has 0 unspecified atom stereocenters. The molecule has 0 fully saturated rings. The molecule has 0 aliphatic rings. The Labute approximate surface area is 141 Å². The van der Waals surface area contributed by atoms with Crippen LogP contribution in [0.4, 0.5) is 0 Å². The van der Waals surface area contributed by atoms with Gasteiger partial charge >= 0.3 is 0 Å². The van der Waals surface area contributed by atoms with Crippen molar-refractivity contribution < 1.29 is 17.9 Å². The average Bonchev–Trinajstić information content (AvgIpc) is 2.59.